The molecule has 66 valence electrons. The lowest BCUT2D eigenvalue weighted by atomic mass is 11.0. The van der Waals surface area contributed by atoms with Crippen molar-refractivity contribution in [2.75, 3.05) is 0 Å². The van der Waals surface area contributed by atoms with Crippen molar-refractivity contribution in [3.8, 4) is 0 Å². The Morgan fingerprint density at radius 2 is 0.444 bits per heavy atom. The van der Waals surface area contributed by atoms with E-state index in [0.717, 1.165) is 0 Å². The molecule has 1 heteroatoms. The molecule has 0 unspecified atom stereocenters. The molecule has 0 saturated carbocycles. The lowest BCUT2D eigenvalue weighted by Crippen LogP contribution is -0.856. The molecule has 0 saturated heterocycles. The van der Waals surface area contributed by atoms with Gasteiger partial charge in [-0.3, -0.25) is 4.70 Å². The third kappa shape index (κ3) is 56900. The van der Waals surface area contributed by atoms with Crippen molar-refractivity contribution in [1.82, 2.24) is 0 Å². The molecule has 9 heavy (non-hydrogen) atoms. The van der Waals surface area contributed by atoms with Crippen LogP contribution >= 0.6 is 0 Å². The van der Waals surface area contributed by atoms with Crippen LogP contribution in [0.25, 0.3) is 0 Å². The summed E-state index contributed by atoms with van der Waals surface area (Å²) in [5.41, 5.74) is 0. The van der Waals surface area contributed by atoms with Gasteiger partial charge in [-0.25, -0.2) is 0 Å². The fourth-order valence-electron chi connectivity index (χ4n) is 0. The van der Waals surface area contributed by atoms with Crippen LogP contribution < -0.4 is 0 Å². The largest absolute Gasteiger partial charge is 0.269 e. The van der Waals surface area contributed by atoms with Gasteiger partial charge in [0.1, 0.15) is 0 Å². The molecule has 0 atom stereocenters. The topological polar surface area (TPSA) is 0 Å². The minimum absolute atomic E-state index is 0. The van der Waals surface area contributed by atoms with Crippen molar-refractivity contribution in [3.63, 3.8) is 0 Å². The summed E-state index contributed by atoms with van der Waals surface area (Å²) in [5, 5.41) is 0. The summed E-state index contributed by atoms with van der Waals surface area (Å²) >= 11 is 0. The van der Waals surface area contributed by atoms with Crippen molar-refractivity contribution in [2.24, 2.45) is 0 Å². The maximum atomic E-state index is 2.00. The van der Waals surface area contributed by atoms with Gasteiger partial charge in [0.2, 0.25) is 0 Å². The molecule has 0 aromatic heterocycles. The molecule has 0 aliphatic heterocycles. The summed E-state index contributed by atoms with van der Waals surface area (Å²) in [6.07, 6.45) is 0. The average molecular weight is 142 g/mol. The van der Waals surface area contributed by atoms with E-state index in [1.807, 2.05) is 41.5 Å². The van der Waals surface area contributed by atoms with Crippen LogP contribution in [0.1, 0.15) is 56.4 Å². The average Bonchev–Trinajstić information content (AvgIpc) is 1.81. The summed E-state index contributed by atoms with van der Waals surface area (Å²) in [7, 11) is 0. The van der Waals surface area contributed by atoms with E-state index in [0.29, 0.717) is 0 Å². The molecule has 0 fully saturated rings. The van der Waals surface area contributed by atoms with Crippen LogP contribution in [0.15, 0.2) is 0 Å². The smallest absolute Gasteiger partial charge is 0.0683 e. The fraction of sp³-hybridized carbons (Fsp3) is 1.00. The van der Waals surface area contributed by atoms with E-state index < -0.39 is 0 Å². The Morgan fingerprint density at radius 3 is 0.444 bits per heavy atom. The number of hydrogen-bond donors (Lipinski definition) is 0. The predicted octanol–water partition coefficient (Wildman–Crippen LogP) is 4.50. The Balaban J connectivity index is -0.00000000321. The van der Waals surface area contributed by atoms with Crippen LogP contribution in [0, 0.1) is 0 Å². The van der Waals surface area contributed by atoms with Gasteiger partial charge in [0.05, 0.1) is 0 Å². The maximum Gasteiger partial charge on any atom is -0.0683 e. The monoisotopic (exact) mass is 142 g/mol. The zero-order valence-corrected chi connectivity index (χ0v) is 6.41. The van der Waals surface area contributed by atoms with Gasteiger partial charge < -0.3 is 0 Å². The summed E-state index contributed by atoms with van der Waals surface area (Å²) in [4.78, 5) is 0. The van der Waals surface area contributed by atoms with Crippen LogP contribution in [0.4, 0.5) is 4.70 Å². The third-order valence-corrected chi connectivity index (χ3v) is 0. The number of hydrogen-bond acceptors (Lipinski definition) is 0. The Labute approximate surface area is 62.0 Å². The minimum Gasteiger partial charge on any atom is -0.269 e. The summed E-state index contributed by atoms with van der Waals surface area (Å²) in [6, 6.07) is 0. The van der Waals surface area contributed by atoms with Crippen molar-refractivity contribution in [2.45, 2.75) is 56.4 Å². The predicted molar refractivity (Wildman–Crippen MR) is 50.0 cm³/mol. The normalized spacial score (nSPS) is 2.00. The second-order valence-electron chi connectivity index (χ2n) is 0. The molecule has 0 spiro atoms. The first-order valence-electron chi connectivity index (χ1n) is 3.00. The van der Waals surface area contributed by atoms with Gasteiger partial charge in [-0.05, 0) is 0 Å². The van der Waals surface area contributed by atoms with Crippen molar-refractivity contribution in [1.29, 1.82) is 0 Å². The van der Waals surface area contributed by atoms with Gasteiger partial charge >= 0.3 is 0 Å². The molecule has 0 aliphatic rings. The molecule has 0 aliphatic carbocycles. The van der Waals surface area contributed by atoms with E-state index in [4.69, 9.17) is 0 Å². The Hall–Kier alpha value is -0.0700. The van der Waals surface area contributed by atoms with Crippen molar-refractivity contribution in [3.05, 3.63) is 0 Å². The molecule has 0 aromatic rings. The SMILES string of the molecule is C.C.CC.CC.CC.F. The highest BCUT2D eigenvalue weighted by molar-refractivity contribution is 3.51. The fourth-order valence-corrected chi connectivity index (χ4v) is 0. The van der Waals surface area contributed by atoms with Gasteiger partial charge in [-0.2, -0.15) is 0 Å². The highest BCUT2D eigenvalue weighted by atomic mass is 19.0. The van der Waals surface area contributed by atoms with E-state index in [9.17, 15) is 0 Å². The standard InChI is InChI=1S/3C2H6.2CH4.FH/c3*1-2;;;/h3*1-2H3;2*1H4;1H. The van der Waals surface area contributed by atoms with Gasteiger partial charge in [-0.15, -0.1) is 0 Å². The molecule has 0 bridgehead atoms. The van der Waals surface area contributed by atoms with Gasteiger partial charge in [0.25, 0.3) is 0 Å². The molecule has 0 nitrogen and oxygen atoms in total. The molecule has 0 heterocycles. The zero-order chi connectivity index (χ0) is 6.00. The van der Waals surface area contributed by atoms with Crippen LogP contribution in [0.3, 0.4) is 0 Å². The molecular formula is C8H27F. The van der Waals surface area contributed by atoms with Crippen LogP contribution in [0.2, 0.25) is 0 Å². The highest BCUT2D eigenvalue weighted by Gasteiger charge is 0.936. The van der Waals surface area contributed by atoms with Crippen LogP contribution in [-0.2, 0) is 0 Å². The Kier molecular flexibility index (Phi) is 565000. The van der Waals surface area contributed by atoms with Gasteiger partial charge in [0, 0.05) is 0 Å². The quantitative estimate of drug-likeness (QED) is 0.467. The first-order chi connectivity index (χ1) is 3.00. The summed E-state index contributed by atoms with van der Waals surface area (Å²) in [5.74, 6) is 0. The molecular weight excluding hydrogens is 115 g/mol. The van der Waals surface area contributed by atoms with Gasteiger partial charge in [0.15, 0.2) is 0 Å². The summed E-state index contributed by atoms with van der Waals surface area (Å²) in [6.45, 7) is 12.0. The molecule has 0 rings (SSSR count). The second-order valence-corrected chi connectivity index (χ2v) is 0. The van der Waals surface area contributed by atoms with Crippen molar-refractivity contribution < 1.29 is 4.70 Å². The lowest BCUT2D eigenvalue weighted by molar-refractivity contribution is 1.11. The third-order valence-electron chi connectivity index (χ3n) is 0. The molecule has 0 aromatic carbocycles. The minimum atomic E-state index is 0. The Morgan fingerprint density at radius 1 is 0.444 bits per heavy atom. The lowest BCUT2D eigenvalue weighted by Gasteiger charge is -1.07. The number of rotatable bonds is 0. The first-order valence-corrected chi connectivity index (χ1v) is 3.00. The molecule has 0 N–H and O–H groups in total. The Bertz CT molecular complexity index is 4.53. The zero-order valence-electron chi connectivity index (χ0n) is 6.41. The second kappa shape index (κ2) is 77700. The van der Waals surface area contributed by atoms with Gasteiger partial charge in [-0.1, -0.05) is 56.4 Å². The summed E-state index contributed by atoms with van der Waals surface area (Å²) < 4.78 is 0. The van der Waals surface area contributed by atoms with E-state index in [2.05, 4.69) is 0 Å². The van der Waals surface area contributed by atoms with E-state index in [1.165, 1.54) is 0 Å². The van der Waals surface area contributed by atoms with E-state index in [1.54, 1.807) is 0 Å². The number of halogens is 1. The molecule has 0 amide bonds. The van der Waals surface area contributed by atoms with E-state index in [-0.39, 0.29) is 19.6 Å². The molecule has 0 radical (unpaired) electrons. The first kappa shape index (κ1) is 65.4. The maximum absolute atomic E-state index is 2.00. The van der Waals surface area contributed by atoms with E-state index >= 15 is 0 Å². The van der Waals surface area contributed by atoms with Crippen LogP contribution in [0.5, 0.6) is 0 Å². The van der Waals surface area contributed by atoms with Crippen molar-refractivity contribution >= 4 is 0 Å². The highest BCUT2D eigenvalue weighted by Crippen LogP contribution is 1.15. The van der Waals surface area contributed by atoms with Crippen LogP contribution in [-0.4, -0.2) is 0 Å².